The Hall–Kier alpha value is -3.21. The number of carbonyl (C=O) groups excluding carboxylic acids is 1. The molecule has 2 N–H and O–H groups in total. The first-order valence-electron chi connectivity index (χ1n) is 7.00. The van der Waals surface area contributed by atoms with Crippen LogP contribution >= 0.6 is 0 Å². The molecule has 0 atom stereocenters. The van der Waals surface area contributed by atoms with Gasteiger partial charge in [-0.3, -0.25) is 0 Å². The predicted octanol–water partition coefficient (Wildman–Crippen LogP) is 3.45. The number of anilines is 1. The molecule has 0 spiro atoms. The fraction of sp³-hybridized carbons (Fsp3) is 0.118. The van der Waals surface area contributed by atoms with Gasteiger partial charge in [-0.25, -0.2) is 22.4 Å². The van der Waals surface area contributed by atoms with Crippen LogP contribution < -0.4 is 15.4 Å². The normalized spacial score (nSPS) is 9.76. The lowest BCUT2D eigenvalue weighted by atomic mass is 10.3. The third kappa shape index (κ3) is 5.42. The summed E-state index contributed by atoms with van der Waals surface area (Å²) in [6.45, 7) is -0.315. The van der Waals surface area contributed by atoms with Crippen molar-refractivity contribution in [3.63, 3.8) is 0 Å². The van der Waals surface area contributed by atoms with Crippen molar-refractivity contribution in [3.8, 4) is 17.6 Å². The number of carbonyl (C=O) groups is 1. The van der Waals surface area contributed by atoms with Crippen LogP contribution in [-0.4, -0.2) is 19.2 Å². The highest BCUT2D eigenvalue weighted by Crippen LogP contribution is 2.18. The van der Waals surface area contributed by atoms with E-state index < -0.39 is 35.0 Å². The number of rotatable bonds is 4. The van der Waals surface area contributed by atoms with Crippen LogP contribution in [0.4, 0.5) is 28.0 Å². The molecule has 0 aliphatic carbocycles. The van der Waals surface area contributed by atoms with Gasteiger partial charge in [0.05, 0.1) is 6.54 Å². The summed E-state index contributed by atoms with van der Waals surface area (Å²) in [6, 6.07) is 5.18. The van der Waals surface area contributed by atoms with Gasteiger partial charge in [0.25, 0.3) is 0 Å². The van der Waals surface area contributed by atoms with Gasteiger partial charge in [0.15, 0.2) is 11.6 Å². The fourth-order valence-electron chi connectivity index (χ4n) is 1.72. The molecule has 2 aromatic rings. The number of urea groups is 1. The van der Waals surface area contributed by atoms with Crippen LogP contribution in [-0.2, 0) is 0 Å². The topological polar surface area (TPSA) is 50.4 Å². The van der Waals surface area contributed by atoms with Crippen LogP contribution in [0.3, 0.4) is 0 Å². The number of amides is 2. The maximum absolute atomic E-state index is 13.3. The number of benzene rings is 2. The second kappa shape index (κ2) is 8.59. The van der Waals surface area contributed by atoms with E-state index in [0.29, 0.717) is 6.07 Å². The summed E-state index contributed by atoms with van der Waals surface area (Å²) in [4.78, 5) is 11.5. The Balaban J connectivity index is 1.76. The standard InChI is InChI=1S/C17H12F4N2O2/c18-11-6-7-15(14(21)10-11)25-9-2-1-8-22-17(24)23-16-12(19)4-3-5-13(16)20/h3-7,10H,8-9H2,(H2,22,23,24). The molecule has 0 aliphatic rings. The quantitative estimate of drug-likeness (QED) is 0.654. The number of para-hydroxylation sites is 1. The Kier molecular flexibility index (Phi) is 6.23. The van der Waals surface area contributed by atoms with Crippen molar-refractivity contribution in [2.24, 2.45) is 0 Å². The van der Waals surface area contributed by atoms with E-state index in [1.807, 2.05) is 5.32 Å². The zero-order chi connectivity index (χ0) is 18.2. The summed E-state index contributed by atoms with van der Waals surface area (Å²) in [5, 5.41) is 4.29. The fourth-order valence-corrected chi connectivity index (χ4v) is 1.72. The van der Waals surface area contributed by atoms with Gasteiger partial charge in [-0.1, -0.05) is 17.9 Å². The highest BCUT2D eigenvalue weighted by atomic mass is 19.1. The van der Waals surface area contributed by atoms with E-state index in [-0.39, 0.29) is 18.9 Å². The number of hydrogen-bond acceptors (Lipinski definition) is 2. The first-order valence-corrected chi connectivity index (χ1v) is 7.00. The molecule has 0 radical (unpaired) electrons. The molecule has 0 saturated carbocycles. The number of ether oxygens (including phenoxy) is 1. The lowest BCUT2D eigenvalue weighted by Crippen LogP contribution is -2.29. The molecular weight excluding hydrogens is 340 g/mol. The summed E-state index contributed by atoms with van der Waals surface area (Å²) < 4.78 is 57.6. The smallest absolute Gasteiger partial charge is 0.320 e. The molecule has 8 heteroatoms. The van der Waals surface area contributed by atoms with Crippen molar-refractivity contribution in [1.82, 2.24) is 5.32 Å². The minimum Gasteiger partial charge on any atom is -0.478 e. The Morgan fingerprint density at radius 3 is 2.40 bits per heavy atom. The van der Waals surface area contributed by atoms with Crippen LogP contribution in [0, 0.1) is 35.1 Å². The van der Waals surface area contributed by atoms with Crippen molar-refractivity contribution in [2.75, 3.05) is 18.5 Å². The number of halogens is 4. The molecule has 2 rings (SSSR count). The third-order valence-corrected chi connectivity index (χ3v) is 2.86. The van der Waals surface area contributed by atoms with Crippen LogP contribution in [0.25, 0.3) is 0 Å². The van der Waals surface area contributed by atoms with Gasteiger partial charge < -0.3 is 15.4 Å². The van der Waals surface area contributed by atoms with E-state index >= 15 is 0 Å². The van der Waals surface area contributed by atoms with Crippen LogP contribution in [0.15, 0.2) is 36.4 Å². The minimum absolute atomic E-state index is 0.128. The second-order valence-corrected chi connectivity index (χ2v) is 4.62. The van der Waals surface area contributed by atoms with E-state index in [0.717, 1.165) is 24.3 Å². The lowest BCUT2D eigenvalue weighted by Gasteiger charge is -2.07. The molecule has 130 valence electrons. The molecule has 0 saturated heterocycles. The maximum Gasteiger partial charge on any atom is 0.320 e. The maximum atomic E-state index is 13.3. The molecule has 0 aromatic heterocycles. The summed E-state index contributed by atoms with van der Waals surface area (Å²) in [5.41, 5.74) is -0.567. The van der Waals surface area contributed by atoms with Gasteiger partial charge in [-0.15, -0.1) is 0 Å². The van der Waals surface area contributed by atoms with Crippen molar-refractivity contribution in [3.05, 3.63) is 59.7 Å². The van der Waals surface area contributed by atoms with Crippen LogP contribution in [0.5, 0.6) is 5.75 Å². The van der Waals surface area contributed by atoms with Crippen LogP contribution in [0.2, 0.25) is 0 Å². The summed E-state index contributed by atoms with van der Waals surface area (Å²) in [7, 11) is 0. The Morgan fingerprint density at radius 2 is 1.72 bits per heavy atom. The average Bonchev–Trinajstić information content (AvgIpc) is 2.56. The molecule has 0 fully saturated rings. The van der Waals surface area contributed by atoms with Gasteiger partial charge >= 0.3 is 6.03 Å². The highest BCUT2D eigenvalue weighted by Gasteiger charge is 2.10. The van der Waals surface area contributed by atoms with Gasteiger partial charge in [0, 0.05) is 6.07 Å². The number of hydrogen-bond donors (Lipinski definition) is 2. The lowest BCUT2D eigenvalue weighted by molar-refractivity contribution is 0.253. The molecule has 25 heavy (non-hydrogen) atoms. The Morgan fingerprint density at radius 1 is 1.00 bits per heavy atom. The molecule has 0 heterocycles. The zero-order valence-corrected chi connectivity index (χ0v) is 12.7. The van der Waals surface area contributed by atoms with Gasteiger partial charge in [0.2, 0.25) is 0 Å². The van der Waals surface area contributed by atoms with Crippen LogP contribution in [0.1, 0.15) is 0 Å². The zero-order valence-electron chi connectivity index (χ0n) is 12.7. The molecule has 0 aliphatic heterocycles. The van der Waals surface area contributed by atoms with E-state index in [9.17, 15) is 22.4 Å². The Bertz CT molecular complexity index is 811. The average molecular weight is 352 g/mol. The van der Waals surface area contributed by atoms with E-state index in [4.69, 9.17) is 4.74 Å². The highest BCUT2D eigenvalue weighted by molar-refractivity contribution is 5.89. The third-order valence-electron chi connectivity index (χ3n) is 2.86. The monoisotopic (exact) mass is 352 g/mol. The predicted molar refractivity (Wildman–Crippen MR) is 83.0 cm³/mol. The molecule has 4 nitrogen and oxygen atoms in total. The van der Waals surface area contributed by atoms with Gasteiger partial charge in [-0.05, 0) is 24.3 Å². The van der Waals surface area contributed by atoms with Gasteiger partial charge in [-0.2, -0.15) is 0 Å². The summed E-state index contributed by atoms with van der Waals surface area (Å²) in [5.74, 6) is 1.45. The Labute approximate surface area is 140 Å². The van der Waals surface area contributed by atoms with Gasteiger partial charge in [0.1, 0.15) is 29.7 Å². The molecule has 0 bridgehead atoms. The van der Waals surface area contributed by atoms with E-state index in [1.165, 1.54) is 6.07 Å². The number of nitrogens with one attached hydrogen (secondary N) is 2. The first kappa shape index (κ1) is 18.1. The largest absolute Gasteiger partial charge is 0.478 e. The molecule has 0 unspecified atom stereocenters. The summed E-state index contributed by atoms with van der Waals surface area (Å²) >= 11 is 0. The van der Waals surface area contributed by atoms with Crippen molar-refractivity contribution >= 4 is 11.7 Å². The van der Waals surface area contributed by atoms with Crippen molar-refractivity contribution in [2.45, 2.75) is 0 Å². The van der Waals surface area contributed by atoms with E-state index in [1.54, 1.807) is 0 Å². The summed E-state index contributed by atoms with van der Waals surface area (Å²) in [6.07, 6.45) is 0. The molecule has 2 amide bonds. The minimum atomic E-state index is -0.907. The van der Waals surface area contributed by atoms with Crippen molar-refractivity contribution < 1.29 is 27.1 Å². The molecular formula is C17H12F4N2O2. The second-order valence-electron chi connectivity index (χ2n) is 4.62. The SMILES string of the molecule is O=C(NCC#CCOc1ccc(F)cc1F)Nc1c(F)cccc1F. The van der Waals surface area contributed by atoms with Crippen molar-refractivity contribution in [1.29, 1.82) is 0 Å². The molecule has 2 aromatic carbocycles. The van der Waals surface area contributed by atoms with E-state index in [2.05, 4.69) is 17.2 Å². The first-order chi connectivity index (χ1) is 12.0.